The van der Waals surface area contributed by atoms with Gasteiger partial charge in [-0.15, -0.1) is 0 Å². The number of nitrogens with one attached hydrogen (secondary N) is 2. The largest absolute Gasteiger partial charge is 0.402 e. The van der Waals surface area contributed by atoms with Crippen LogP contribution in [0.25, 0.3) is 0 Å². The second kappa shape index (κ2) is 6.37. The lowest BCUT2D eigenvalue weighted by Crippen LogP contribution is -2.49. The van der Waals surface area contributed by atoms with Gasteiger partial charge in [0.15, 0.2) is 0 Å². The number of alkyl halides is 3. The fourth-order valence-corrected chi connectivity index (χ4v) is 4.27. The molecule has 4 nitrogen and oxygen atoms in total. The minimum absolute atomic E-state index is 0.111. The molecule has 0 aliphatic carbocycles. The first-order valence-electron chi connectivity index (χ1n) is 8.91. The Hall–Kier alpha value is -2.35. The average molecular weight is 381 g/mol. The summed E-state index contributed by atoms with van der Waals surface area (Å²) in [5.74, 6) is -0.737. The summed E-state index contributed by atoms with van der Waals surface area (Å²) < 4.78 is 57.8. The van der Waals surface area contributed by atoms with Crippen LogP contribution < -0.4 is 10.9 Å². The number of nitrogens with zero attached hydrogens (tertiary/aromatic N) is 1. The van der Waals surface area contributed by atoms with Crippen LogP contribution in [0.2, 0.25) is 0 Å². The Bertz CT molecular complexity index is 918. The Morgan fingerprint density at radius 2 is 1.85 bits per heavy atom. The minimum Gasteiger partial charge on any atom is -0.351 e. The van der Waals surface area contributed by atoms with Gasteiger partial charge in [-0.05, 0) is 68.7 Å². The predicted octanol–water partition coefficient (Wildman–Crippen LogP) is 3.91. The summed E-state index contributed by atoms with van der Waals surface area (Å²) in [5, 5.41) is 2.77. The van der Waals surface area contributed by atoms with Gasteiger partial charge in [-0.1, -0.05) is 0 Å². The first-order chi connectivity index (χ1) is 12.8. The molecule has 2 aliphatic rings. The SMILES string of the molecule is O=c1[nH]ccc2c1Nc1ccc(F)cc1C2(CCN1CCCC1)C(F)(F)F. The maximum Gasteiger partial charge on any atom is 0.402 e. The molecule has 0 radical (unpaired) electrons. The van der Waals surface area contributed by atoms with Gasteiger partial charge in [0.2, 0.25) is 0 Å². The van der Waals surface area contributed by atoms with Gasteiger partial charge in [0.05, 0.1) is 0 Å². The van der Waals surface area contributed by atoms with Gasteiger partial charge in [0, 0.05) is 17.4 Å². The molecule has 0 spiro atoms. The van der Waals surface area contributed by atoms with Gasteiger partial charge in [-0.2, -0.15) is 13.2 Å². The number of H-pyrrole nitrogens is 1. The van der Waals surface area contributed by atoms with E-state index >= 15 is 0 Å². The first-order valence-corrected chi connectivity index (χ1v) is 8.91. The maximum atomic E-state index is 14.6. The van der Waals surface area contributed by atoms with Gasteiger partial charge in [0.1, 0.15) is 16.9 Å². The molecule has 8 heteroatoms. The van der Waals surface area contributed by atoms with E-state index in [0.717, 1.165) is 38.1 Å². The number of benzene rings is 1. The third kappa shape index (κ3) is 2.82. The molecule has 4 rings (SSSR count). The zero-order valence-corrected chi connectivity index (χ0v) is 14.5. The average Bonchev–Trinajstić information content (AvgIpc) is 3.12. The normalized spacial score (nSPS) is 22.2. The molecule has 1 saturated heterocycles. The van der Waals surface area contributed by atoms with Gasteiger partial charge in [-0.25, -0.2) is 4.39 Å². The quantitative estimate of drug-likeness (QED) is 0.793. The predicted molar refractivity (Wildman–Crippen MR) is 93.9 cm³/mol. The number of rotatable bonds is 3. The highest BCUT2D eigenvalue weighted by atomic mass is 19.4. The summed E-state index contributed by atoms with van der Waals surface area (Å²) >= 11 is 0. The molecule has 1 aromatic carbocycles. The van der Waals surface area contributed by atoms with Crippen molar-refractivity contribution < 1.29 is 17.6 Å². The minimum atomic E-state index is -4.69. The molecule has 144 valence electrons. The molecule has 1 atom stereocenters. The van der Waals surface area contributed by atoms with Crippen molar-refractivity contribution in [3.63, 3.8) is 0 Å². The monoisotopic (exact) mass is 381 g/mol. The van der Waals surface area contributed by atoms with Crippen LogP contribution in [-0.4, -0.2) is 35.7 Å². The van der Waals surface area contributed by atoms with Gasteiger partial charge in [0.25, 0.3) is 5.56 Å². The molecule has 0 bridgehead atoms. The van der Waals surface area contributed by atoms with Crippen molar-refractivity contribution in [1.29, 1.82) is 0 Å². The Balaban J connectivity index is 1.94. The van der Waals surface area contributed by atoms with E-state index in [4.69, 9.17) is 0 Å². The number of halogens is 4. The first kappa shape index (κ1) is 18.0. The molecular weight excluding hydrogens is 362 g/mol. The number of hydrogen-bond donors (Lipinski definition) is 2. The summed E-state index contributed by atoms with van der Waals surface area (Å²) in [6.07, 6.45) is -1.83. The van der Waals surface area contributed by atoms with E-state index in [-0.39, 0.29) is 35.5 Å². The highest BCUT2D eigenvalue weighted by molar-refractivity contribution is 5.75. The van der Waals surface area contributed by atoms with Crippen LogP contribution in [0, 0.1) is 5.82 Å². The van der Waals surface area contributed by atoms with Crippen LogP contribution in [0.3, 0.4) is 0 Å². The van der Waals surface area contributed by atoms with E-state index in [1.807, 2.05) is 4.90 Å². The van der Waals surface area contributed by atoms with Crippen LogP contribution in [0.5, 0.6) is 0 Å². The number of fused-ring (bicyclic) bond motifs is 2. The van der Waals surface area contributed by atoms with E-state index in [9.17, 15) is 22.4 Å². The lowest BCUT2D eigenvalue weighted by molar-refractivity contribution is -0.181. The topological polar surface area (TPSA) is 48.1 Å². The highest BCUT2D eigenvalue weighted by Crippen LogP contribution is 2.55. The molecule has 2 aliphatic heterocycles. The number of aromatic amines is 1. The van der Waals surface area contributed by atoms with Gasteiger partial charge < -0.3 is 15.2 Å². The molecule has 0 amide bonds. The van der Waals surface area contributed by atoms with Crippen molar-refractivity contribution in [2.24, 2.45) is 0 Å². The number of hydrogen-bond acceptors (Lipinski definition) is 3. The fourth-order valence-electron chi connectivity index (χ4n) is 4.27. The number of pyridine rings is 1. The van der Waals surface area contributed by atoms with Crippen molar-refractivity contribution in [1.82, 2.24) is 9.88 Å². The summed E-state index contributed by atoms with van der Waals surface area (Å²) in [7, 11) is 0. The molecular formula is C19H19F4N3O. The smallest absolute Gasteiger partial charge is 0.351 e. The molecule has 3 heterocycles. The standard InChI is InChI=1S/C19H19F4N3O/c20-12-3-4-15-14(11-12)18(19(21,22)23,6-10-26-8-1-2-9-26)13-5-7-24-17(27)16(13)25-15/h3-5,7,11,25H,1-2,6,8-10H2,(H,24,27). The van der Waals surface area contributed by atoms with E-state index < -0.39 is 23.0 Å². The summed E-state index contributed by atoms with van der Waals surface area (Å²) in [4.78, 5) is 16.7. The van der Waals surface area contributed by atoms with E-state index in [2.05, 4.69) is 10.3 Å². The van der Waals surface area contributed by atoms with Crippen molar-refractivity contribution in [2.75, 3.05) is 25.0 Å². The number of aromatic nitrogens is 1. The Morgan fingerprint density at radius 3 is 2.56 bits per heavy atom. The second-order valence-corrected chi connectivity index (χ2v) is 7.11. The summed E-state index contributed by atoms with van der Waals surface area (Å²) in [6, 6.07) is 4.56. The van der Waals surface area contributed by atoms with Crippen LogP contribution in [0.15, 0.2) is 35.3 Å². The fraction of sp³-hybridized carbons (Fsp3) is 0.421. The zero-order chi connectivity index (χ0) is 19.2. The molecule has 0 saturated carbocycles. The number of anilines is 2. The third-order valence-corrected chi connectivity index (χ3v) is 5.61. The summed E-state index contributed by atoms with van der Waals surface area (Å²) in [6.45, 7) is 1.73. The van der Waals surface area contributed by atoms with Crippen molar-refractivity contribution >= 4 is 11.4 Å². The van der Waals surface area contributed by atoms with Crippen molar-refractivity contribution in [3.05, 3.63) is 57.8 Å². The van der Waals surface area contributed by atoms with Gasteiger partial charge in [-0.3, -0.25) is 4.79 Å². The number of likely N-dealkylation sites (tertiary alicyclic amines) is 1. The van der Waals surface area contributed by atoms with Crippen LogP contribution in [0.4, 0.5) is 28.9 Å². The van der Waals surface area contributed by atoms with E-state index in [0.29, 0.717) is 0 Å². The van der Waals surface area contributed by atoms with Crippen LogP contribution >= 0.6 is 0 Å². The summed E-state index contributed by atoms with van der Waals surface area (Å²) in [5.41, 5.74) is -3.42. The molecule has 1 fully saturated rings. The Morgan fingerprint density at radius 1 is 1.11 bits per heavy atom. The molecule has 2 aromatic rings. The Kier molecular flexibility index (Phi) is 4.25. The van der Waals surface area contributed by atoms with Gasteiger partial charge >= 0.3 is 6.18 Å². The van der Waals surface area contributed by atoms with E-state index in [1.54, 1.807) is 0 Å². The van der Waals surface area contributed by atoms with Crippen LogP contribution in [0.1, 0.15) is 30.4 Å². The Labute approximate surface area is 153 Å². The molecule has 1 unspecified atom stereocenters. The van der Waals surface area contributed by atoms with E-state index in [1.165, 1.54) is 18.3 Å². The zero-order valence-electron chi connectivity index (χ0n) is 14.5. The lowest BCUT2D eigenvalue weighted by Gasteiger charge is -2.42. The maximum absolute atomic E-state index is 14.6. The van der Waals surface area contributed by atoms with Crippen molar-refractivity contribution in [3.8, 4) is 0 Å². The highest BCUT2D eigenvalue weighted by Gasteiger charge is 2.60. The lowest BCUT2D eigenvalue weighted by atomic mass is 9.68. The molecule has 27 heavy (non-hydrogen) atoms. The van der Waals surface area contributed by atoms with Crippen LogP contribution in [-0.2, 0) is 5.41 Å². The second-order valence-electron chi connectivity index (χ2n) is 7.11. The third-order valence-electron chi connectivity index (χ3n) is 5.61. The molecule has 2 N–H and O–H groups in total. The van der Waals surface area contributed by atoms with Crippen molar-refractivity contribution in [2.45, 2.75) is 30.9 Å². The molecule has 1 aromatic heterocycles.